The number of rotatable bonds is 0. The topological polar surface area (TPSA) is 23.1 Å². The van der Waals surface area contributed by atoms with Crippen LogP contribution in [0.15, 0.2) is 54.6 Å². The smallest absolute Gasteiger partial charge is 1.00 e. The molecule has 0 bridgehead atoms. The molecule has 0 atom stereocenters. The van der Waals surface area contributed by atoms with E-state index in [0.717, 1.165) is 5.56 Å². The minimum Gasteiger partial charge on any atom is -1.00 e. The van der Waals surface area contributed by atoms with E-state index in [2.05, 4.69) is 112 Å². The van der Waals surface area contributed by atoms with Crippen LogP contribution in [0.3, 0.4) is 0 Å². The van der Waals surface area contributed by atoms with E-state index in [4.69, 9.17) is 0 Å². The molecule has 0 unspecified atom stereocenters. The number of benzene rings is 1. The van der Waals surface area contributed by atoms with Gasteiger partial charge in [0.15, 0.2) is 0 Å². The predicted molar refractivity (Wildman–Crippen MR) is 126 cm³/mol. The van der Waals surface area contributed by atoms with Crippen LogP contribution in [0.2, 0.25) is 0 Å². The summed E-state index contributed by atoms with van der Waals surface area (Å²) in [6.45, 7) is 21.2. The van der Waals surface area contributed by atoms with E-state index in [1.165, 1.54) is 27.8 Å². The van der Waals surface area contributed by atoms with Crippen LogP contribution >= 0.6 is 0 Å². The molecule has 1 nitrogen and oxygen atoms in total. The van der Waals surface area contributed by atoms with Crippen molar-refractivity contribution in [1.82, 2.24) is 0 Å². The number of halogens is 1. The van der Waals surface area contributed by atoms with Gasteiger partial charge >= 0.3 is 26.2 Å². The van der Waals surface area contributed by atoms with Gasteiger partial charge in [0.2, 0.25) is 0 Å². The largest absolute Gasteiger partial charge is 4.00 e. The Hall–Kier alpha value is -1.11. The van der Waals surface area contributed by atoms with Crippen molar-refractivity contribution in [1.29, 1.82) is 0 Å². The zero-order valence-electron chi connectivity index (χ0n) is 21.0. The molecule has 3 heteroatoms. The quantitative estimate of drug-likeness (QED) is 0.405. The van der Waals surface area contributed by atoms with E-state index in [9.17, 15) is 5.11 Å². The molecule has 0 saturated heterocycles. The molecule has 0 saturated carbocycles. The van der Waals surface area contributed by atoms with E-state index >= 15 is 0 Å². The molecule has 0 radical (unpaired) electrons. The molecule has 31 heavy (non-hydrogen) atoms. The third-order valence-electron chi connectivity index (χ3n) is 4.78. The number of hydrogen-bond acceptors (Lipinski definition) is 1. The van der Waals surface area contributed by atoms with Gasteiger partial charge in [0.1, 0.15) is 0 Å². The molecule has 3 rings (SSSR count). The summed E-state index contributed by atoms with van der Waals surface area (Å²) < 4.78 is 0. The molecular formula is C28H39ClOZr. The summed E-state index contributed by atoms with van der Waals surface area (Å²) in [4.78, 5) is 0. The summed E-state index contributed by atoms with van der Waals surface area (Å²) in [6, 6.07) is 18.5. The fraction of sp³-hybridized carbons (Fsp3) is 0.429. The van der Waals surface area contributed by atoms with Crippen LogP contribution in [-0.2, 0) is 37.0 Å². The summed E-state index contributed by atoms with van der Waals surface area (Å²) in [5.41, 5.74) is 7.61. The van der Waals surface area contributed by atoms with Crippen molar-refractivity contribution in [2.45, 2.75) is 80.1 Å². The summed E-state index contributed by atoms with van der Waals surface area (Å²) in [5, 5.41) is 11.7. The molecule has 0 N–H and O–H groups in total. The fourth-order valence-corrected chi connectivity index (χ4v) is 3.02. The van der Waals surface area contributed by atoms with Crippen molar-refractivity contribution in [3.8, 4) is 5.75 Å². The maximum atomic E-state index is 11.7. The van der Waals surface area contributed by atoms with Gasteiger partial charge in [0, 0.05) is 0 Å². The molecule has 168 valence electrons. The number of hydrogen-bond donors (Lipinski definition) is 0. The second-order valence-electron chi connectivity index (χ2n) is 10.1. The predicted octanol–water partition coefficient (Wildman–Crippen LogP) is 4.40. The monoisotopic (exact) mass is 516 g/mol. The van der Waals surface area contributed by atoms with Crippen LogP contribution in [0, 0.1) is 27.7 Å². The first-order chi connectivity index (χ1) is 13.2. The standard InChI is InChI=1S/C14H22O.2C7H9.ClH.Zr/c1-13(2,3)10-7-8-12(15)11(9-10)14(4,5)6;2*1-6-3-4-7(2)5-6;;/h7-9,15H,1-6H3;2*3-5H,1-2H3;1H;/q;2*-1;;+4/p-2. The summed E-state index contributed by atoms with van der Waals surface area (Å²) >= 11 is 0. The summed E-state index contributed by atoms with van der Waals surface area (Å²) in [5.74, 6) is 0.149. The Labute approximate surface area is 216 Å². The molecule has 0 spiro atoms. The van der Waals surface area contributed by atoms with E-state index < -0.39 is 0 Å². The summed E-state index contributed by atoms with van der Waals surface area (Å²) in [7, 11) is 0. The Balaban J connectivity index is 0. The molecule has 0 amide bonds. The van der Waals surface area contributed by atoms with Gasteiger partial charge in [0.25, 0.3) is 0 Å². The molecule has 3 aromatic carbocycles. The van der Waals surface area contributed by atoms with Crippen LogP contribution < -0.4 is 17.5 Å². The Morgan fingerprint density at radius 1 is 0.710 bits per heavy atom. The van der Waals surface area contributed by atoms with Crippen molar-refractivity contribution in [3.63, 3.8) is 0 Å². The molecule has 0 aliphatic heterocycles. The van der Waals surface area contributed by atoms with Crippen molar-refractivity contribution in [2.24, 2.45) is 0 Å². The van der Waals surface area contributed by atoms with Gasteiger partial charge in [-0.05, 0) is 16.4 Å². The van der Waals surface area contributed by atoms with Gasteiger partial charge < -0.3 is 17.5 Å². The third-order valence-corrected chi connectivity index (χ3v) is 4.78. The first kappa shape index (κ1) is 32.1. The molecule has 0 fully saturated rings. The maximum absolute atomic E-state index is 11.7. The Kier molecular flexibility index (Phi) is 13.9. The minimum atomic E-state index is -0.0711. The first-order valence-corrected chi connectivity index (χ1v) is 10.4. The van der Waals surface area contributed by atoms with E-state index in [-0.39, 0.29) is 55.2 Å². The Morgan fingerprint density at radius 3 is 1.35 bits per heavy atom. The second-order valence-corrected chi connectivity index (χ2v) is 10.1. The average molecular weight is 518 g/mol. The normalized spacial score (nSPS) is 10.5. The average Bonchev–Trinajstić information content (AvgIpc) is 3.13. The van der Waals surface area contributed by atoms with Gasteiger partial charge in [-0.2, -0.15) is 35.4 Å². The van der Waals surface area contributed by atoms with Gasteiger partial charge in [-0.25, -0.2) is 23.3 Å². The fourth-order valence-electron chi connectivity index (χ4n) is 3.02. The summed E-state index contributed by atoms with van der Waals surface area (Å²) in [6.07, 6.45) is 0. The Morgan fingerprint density at radius 2 is 1.13 bits per heavy atom. The van der Waals surface area contributed by atoms with Crippen molar-refractivity contribution in [3.05, 3.63) is 88.0 Å². The minimum absolute atomic E-state index is 0. The van der Waals surface area contributed by atoms with Crippen LogP contribution in [0.4, 0.5) is 0 Å². The van der Waals surface area contributed by atoms with E-state index in [1.807, 2.05) is 6.07 Å². The van der Waals surface area contributed by atoms with Gasteiger partial charge in [-0.3, -0.25) is 0 Å². The van der Waals surface area contributed by atoms with Crippen molar-refractivity contribution >= 4 is 0 Å². The third kappa shape index (κ3) is 11.9. The molecule has 0 heterocycles. The van der Waals surface area contributed by atoms with E-state index in [0.29, 0.717) is 0 Å². The van der Waals surface area contributed by atoms with Gasteiger partial charge in [0.05, 0.1) is 0 Å². The molecule has 0 aromatic heterocycles. The zero-order chi connectivity index (χ0) is 22.4. The van der Waals surface area contributed by atoms with E-state index in [1.54, 1.807) is 6.07 Å². The van der Waals surface area contributed by atoms with Gasteiger partial charge in [-0.15, -0.1) is 5.75 Å². The van der Waals surface area contributed by atoms with Crippen LogP contribution in [-0.4, -0.2) is 0 Å². The molecule has 0 aliphatic carbocycles. The molecule has 0 aliphatic rings. The first-order valence-electron chi connectivity index (χ1n) is 10.4. The molecule has 3 aromatic rings. The maximum Gasteiger partial charge on any atom is 4.00 e. The SMILES string of the molecule is CC(C)(C)c1ccc([O-])c(C(C)(C)C)c1.Cc1cc[c-](C)c1.Cc1cc[c-](C)c1.[Cl-].[Zr+4]. The molecular weight excluding hydrogens is 479 g/mol. The van der Waals surface area contributed by atoms with Crippen LogP contribution in [0.5, 0.6) is 5.75 Å². The van der Waals surface area contributed by atoms with Crippen molar-refractivity contribution in [2.75, 3.05) is 0 Å². The Bertz CT molecular complexity index is 817. The second kappa shape index (κ2) is 13.4. The van der Waals surface area contributed by atoms with Crippen LogP contribution in [0.25, 0.3) is 0 Å². The number of aryl methyl sites for hydroxylation is 4. The van der Waals surface area contributed by atoms with Crippen LogP contribution in [0.1, 0.15) is 74.9 Å². The van der Waals surface area contributed by atoms with Crippen molar-refractivity contribution < 1.29 is 43.7 Å². The van der Waals surface area contributed by atoms with Gasteiger partial charge in [-0.1, -0.05) is 93.0 Å². The zero-order valence-corrected chi connectivity index (χ0v) is 24.2.